The molecule has 0 fully saturated rings. The van der Waals surface area contributed by atoms with Gasteiger partial charge in [-0.2, -0.15) is 0 Å². The van der Waals surface area contributed by atoms with Gasteiger partial charge in [-0.15, -0.1) is 13.2 Å². The van der Waals surface area contributed by atoms with Gasteiger partial charge in [0.05, 0.1) is 0 Å². The Hall–Kier alpha value is -2.50. The highest BCUT2D eigenvalue weighted by atomic mass is 19.4. The van der Waals surface area contributed by atoms with Crippen molar-refractivity contribution in [3.63, 3.8) is 0 Å². The normalized spacial score (nSPS) is 11.0. The average Bonchev–Trinajstić information content (AvgIpc) is 2.38. The van der Waals surface area contributed by atoms with Crippen LogP contribution in [0.3, 0.4) is 0 Å². The summed E-state index contributed by atoms with van der Waals surface area (Å²) in [6, 6.07) is 12.6. The lowest BCUT2D eigenvalue weighted by atomic mass is 10.1. The lowest BCUT2D eigenvalue weighted by Crippen LogP contribution is -2.16. The Morgan fingerprint density at radius 2 is 1.43 bits per heavy atom. The van der Waals surface area contributed by atoms with Gasteiger partial charge in [-0.25, -0.2) is 0 Å². The Labute approximate surface area is 119 Å². The fourth-order valence-electron chi connectivity index (χ4n) is 1.80. The largest absolute Gasteiger partial charge is 0.573 e. The van der Waals surface area contributed by atoms with Crippen LogP contribution in [0, 0.1) is 0 Å². The zero-order chi connectivity index (χ0) is 15.5. The van der Waals surface area contributed by atoms with Crippen molar-refractivity contribution in [3.05, 3.63) is 48.5 Å². The molecule has 0 saturated carbocycles. The van der Waals surface area contributed by atoms with E-state index in [1.165, 1.54) is 31.2 Å². The highest BCUT2D eigenvalue weighted by Gasteiger charge is 2.30. The number of benzene rings is 2. The molecule has 0 radical (unpaired) electrons. The van der Waals surface area contributed by atoms with Gasteiger partial charge < -0.3 is 10.1 Å². The summed E-state index contributed by atoms with van der Waals surface area (Å²) in [5, 5.41) is 2.63. The number of hydrogen-bond donors (Lipinski definition) is 1. The SMILES string of the molecule is CC(=O)Nc1ccc(-c2ccc(OC(F)(F)F)cc2)cc1. The van der Waals surface area contributed by atoms with Crippen LogP contribution in [-0.2, 0) is 4.79 Å². The van der Waals surface area contributed by atoms with Crippen molar-refractivity contribution in [2.75, 3.05) is 5.32 Å². The fraction of sp³-hybridized carbons (Fsp3) is 0.133. The number of alkyl halides is 3. The second kappa shape index (κ2) is 5.87. The summed E-state index contributed by atoms with van der Waals surface area (Å²) in [6.07, 6.45) is -4.69. The number of hydrogen-bond acceptors (Lipinski definition) is 2. The van der Waals surface area contributed by atoms with E-state index in [2.05, 4.69) is 10.1 Å². The molecule has 2 rings (SSSR count). The molecular weight excluding hydrogens is 283 g/mol. The van der Waals surface area contributed by atoms with Gasteiger partial charge in [0.25, 0.3) is 0 Å². The van der Waals surface area contributed by atoms with Gasteiger partial charge in [0.2, 0.25) is 5.91 Å². The molecule has 3 nitrogen and oxygen atoms in total. The van der Waals surface area contributed by atoms with Crippen LogP contribution >= 0.6 is 0 Å². The van der Waals surface area contributed by atoms with E-state index in [1.54, 1.807) is 24.3 Å². The first kappa shape index (κ1) is 14.9. The van der Waals surface area contributed by atoms with E-state index >= 15 is 0 Å². The monoisotopic (exact) mass is 295 g/mol. The van der Waals surface area contributed by atoms with E-state index in [4.69, 9.17) is 0 Å². The molecule has 1 N–H and O–H groups in total. The quantitative estimate of drug-likeness (QED) is 0.921. The highest BCUT2D eigenvalue weighted by Crippen LogP contribution is 2.27. The molecule has 110 valence electrons. The van der Waals surface area contributed by atoms with E-state index in [0.29, 0.717) is 5.69 Å². The Kier molecular flexibility index (Phi) is 4.16. The maximum atomic E-state index is 12.1. The predicted octanol–water partition coefficient (Wildman–Crippen LogP) is 4.21. The number of rotatable bonds is 3. The van der Waals surface area contributed by atoms with Crippen molar-refractivity contribution in [2.45, 2.75) is 13.3 Å². The van der Waals surface area contributed by atoms with E-state index in [-0.39, 0.29) is 11.7 Å². The maximum Gasteiger partial charge on any atom is 0.573 e. The number of ether oxygens (including phenoxy) is 1. The van der Waals surface area contributed by atoms with Gasteiger partial charge in [-0.3, -0.25) is 4.79 Å². The number of amides is 1. The van der Waals surface area contributed by atoms with Crippen molar-refractivity contribution >= 4 is 11.6 Å². The number of anilines is 1. The first-order chi connectivity index (χ1) is 9.83. The third-order valence-corrected chi connectivity index (χ3v) is 2.63. The van der Waals surface area contributed by atoms with Crippen molar-refractivity contribution < 1.29 is 22.7 Å². The zero-order valence-electron chi connectivity index (χ0n) is 11.1. The number of halogens is 3. The summed E-state index contributed by atoms with van der Waals surface area (Å²) in [4.78, 5) is 10.9. The standard InChI is InChI=1S/C15H12F3NO2/c1-10(20)19-13-6-2-11(3-7-13)12-4-8-14(9-5-12)21-15(16,17)18/h2-9H,1H3,(H,19,20). The molecule has 6 heteroatoms. The lowest BCUT2D eigenvalue weighted by molar-refractivity contribution is -0.274. The topological polar surface area (TPSA) is 38.3 Å². The molecular formula is C15H12F3NO2. The van der Waals surface area contributed by atoms with Crippen LogP contribution in [0.4, 0.5) is 18.9 Å². The highest BCUT2D eigenvalue weighted by molar-refractivity contribution is 5.89. The van der Waals surface area contributed by atoms with Gasteiger partial charge in [-0.05, 0) is 35.4 Å². The molecule has 0 spiro atoms. The predicted molar refractivity (Wildman–Crippen MR) is 72.9 cm³/mol. The minimum absolute atomic E-state index is 0.170. The van der Waals surface area contributed by atoms with Gasteiger partial charge in [-0.1, -0.05) is 24.3 Å². The molecule has 0 aromatic heterocycles. The first-order valence-corrected chi connectivity index (χ1v) is 6.07. The molecule has 0 saturated heterocycles. The van der Waals surface area contributed by atoms with E-state index in [9.17, 15) is 18.0 Å². The summed E-state index contributed by atoms with van der Waals surface area (Å²) >= 11 is 0. The van der Waals surface area contributed by atoms with E-state index in [1.807, 2.05) is 0 Å². The summed E-state index contributed by atoms with van der Waals surface area (Å²) in [5.41, 5.74) is 2.23. The smallest absolute Gasteiger partial charge is 0.406 e. The Balaban J connectivity index is 2.13. The van der Waals surface area contributed by atoms with E-state index < -0.39 is 6.36 Å². The summed E-state index contributed by atoms with van der Waals surface area (Å²) in [5.74, 6) is -0.433. The third-order valence-electron chi connectivity index (χ3n) is 2.63. The van der Waals surface area contributed by atoms with Gasteiger partial charge in [0.15, 0.2) is 0 Å². The van der Waals surface area contributed by atoms with Crippen molar-refractivity contribution in [1.82, 2.24) is 0 Å². The fourth-order valence-corrected chi connectivity index (χ4v) is 1.80. The van der Waals surface area contributed by atoms with Crippen LogP contribution < -0.4 is 10.1 Å². The molecule has 0 aliphatic carbocycles. The maximum absolute atomic E-state index is 12.1. The molecule has 0 unspecified atom stereocenters. The van der Waals surface area contributed by atoms with Crippen LogP contribution in [0.15, 0.2) is 48.5 Å². The number of nitrogens with one attached hydrogen (secondary N) is 1. The second-order valence-electron chi connectivity index (χ2n) is 4.33. The lowest BCUT2D eigenvalue weighted by Gasteiger charge is -2.09. The molecule has 0 bridgehead atoms. The van der Waals surface area contributed by atoms with Gasteiger partial charge >= 0.3 is 6.36 Å². The van der Waals surface area contributed by atoms with Crippen molar-refractivity contribution in [3.8, 4) is 16.9 Å². The molecule has 1 amide bonds. The van der Waals surface area contributed by atoms with Crippen LogP contribution in [0.5, 0.6) is 5.75 Å². The first-order valence-electron chi connectivity index (χ1n) is 6.07. The second-order valence-corrected chi connectivity index (χ2v) is 4.33. The van der Waals surface area contributed by atoms with Crippen LogP contribution in [0.1, 0.15) is 6.92 Å². The zero-order valence-corrected chi connectivity index (χ0v) is 11.1. The molecule has 0 aliphatic rings. The summed E-state index contributed by atoms with van der Waals surface area (Å²) in [7, 11) is 0. The molecule has 0 heterocycles. The van der Waals surface area contributed by atoms with Crippen LogP contribution in [0.2, 0.25) is 0 Å². The Morgan fingerprint density at radius 1 is 0.952 bits per heavy atom. The minimum atomic E-state index is -4.69. The van der Waals surface area contributed by atoms with Gasteiger partial charge in [0, 0.05) is 12.6 Å². The minimum Gasteiger partial charge on any atom is -0.406 e. The number of carbonyl (C=O) groups excluding carboxylic acids is 1. The average molecular weight is 295 g/mol. The summed E-state index contributed by atoms with van der Waals surface area (Å²) < 4.78 is 40.0. The molecule has 0 atom stereocenters. The molecule has 2 aromatic carbocycles. The molecule has 0 aliphatic heterocycles. The number of carbonyl (C=O) groups is 1. The Bertz CT molecular complexity index is 619. The van der Waals surface area contributed by atoms with Crippen LogP contribution in [0.25, 0.3) is 11.1 Å². The Morgan fingerprint density at radius 3 is 1.86 bits per heavy atom. The summed E-state index contributed by atoms with van der Waals surface area (Å²) in [6.45, 7) is 1.41. The molecule has 21 heavy (non-hydrogen) atoms. The van der Waals surface area contributed by atoms with Crippen molar-refractivity contribution in [1.29, 1.82) is 0 Å². The van der Waals surface area contributed by atoms with E-state index in [0.717, 1.165) is 11.1 Å². The third kappa shape index (κ3) is 4.52. The van der Waals surface area contributed by atoms with Crippen molar-refractivity contribution in [2.24, 2.45) is 0 Å². The van der Waals surface area contributed by atoms with Crippen LogP contribution in [-0.4, -0.2) is 12.3 Å². The van der Waals surface area contributed by atoms with Gasteiger partial charge in [0.1, 0.15) is 5.75 Å². The molecule has 2 aromatic rings.